The lowest BCUT2D eigenvalue weighted by Gasteiger charge is -2.47. The smallest absolute Gasteiger partial charge is 0.353 e. The Morgan fingerprint density at radius 1 is 1.21 bits per heavy atom. The molecule has 4 aliphatic heterocycles. The van der Waals surface area contributed by atoms with Gasteiger partial charge in [0.1, 0.15) is 5.70 Å². The van der Waals surface area contributed by atoms with Gasteiger partial charge in [-0.3, -0.25) is 14.4 Å². The molecule has 228 valence electrons. The average molecular weight is 599 g/mol. The van der Waals surface area contributed by atoms with Crippen LogP contribution in [0.15, 0.2) is 40.9 Å². The Balaban J connectivity index is 1.18. The fourth-order valence-corrected chi connectivity index (χ4v) is 8.46. The van der Waals surface area contributed by atoms with Crippen LogP contribution in [-0.2, 0) is 25.6 Å². The summed E-state index contributed by atoms with van der Waals surface area (Å²) in [4.78, 5) is 54.9. The number of carboxylic acid groups (broad SMARTS) is 1. The Bertz CT molecular complexity index is 1250. The van der Waals surface area contributed by atoms with E-state index in [1.54, 1.807) is 14.0 Å². The number of likely N-dealkylation sites (N-methyl/N-ethyl adjacent to an activating group) is 1. The molecule has 12 heteroatoms. The third-order valence-electron chi connectivity index (χ3n) is 9.21. The standard InChI is InChI=1S/C30H42N6O5S/c1-17-24-23(18(2)34-22(37)16-32-3)28(39)36(24)25(29(40)41)26(17)42-20-13-21(33-15-20)27(38)35-11-9-30(31,10-12-35)14-19-7-5-4-6-8-19/h4-8,17-18,20-21,23-24,32-33H,9-16,31H2,1-3H3,(H,34,37)(H,40,41)/t17-,18?,20+,21+,23-,24-/m1/s1. The quantitative estimate of drug-likeness (QED) is 0.242. The monoisotopic (exact) mass is 598 g/mol. The zero-order chi connectivity index (χ0) is 30.2. The molecule has 0 spiro atoms. The number of likely N-dealkylation sites (tertiary alicyclic amines) is 1. The first-order chi connectivity index (χ1) is 20.0. The van der Waals surface area contributed by atoms with Crippen LogP contribution >= 0.6 is 11.8 Å². The highest BCUT2D eigenvalue weighted by molar-refractivity contribution is 8.03. The topological polar surface area (TPSA) is 157 Å². The number of amides is 3. The van der Waals surface area contributed by atoms with Crippen molar-refractivity contribution in [3.8, 4) is 0 Å². The summed E-state index contributed by atoms with van der Waals surface area (Å²) in [5.41, 5.74) is 7.63. The number of hydrogen-bond acceptors (Lipinski definition) is 8. The number of thioether (sulfide) groups is 1. The number of nitrogens with two attached hydrogens (primary N) is 1. The van der Waals surface area contributed by atoms with Crippen LogP contribution < -0.4 is 21.7 Å². The molecule has 3 fully saturated rings. The summed E-state index contributed by atoms with van der Waals surface area (Å²) in [6, 6.07) is 9.14. The lowest BCUT2D eigenvalue weighted by Crippen LogP contribution is -2.66. The van der Waals surface area contributed by atoms with Crippen molar-refractivity contribution in [2.75, 3.05) is 33.2 Å². The summed E-state index contributed by atoms with van der Waals surface area (Å²) in [5.74, 6) is -2.22. The number of benzene rings is 1. The highest BCUT2D eigenvalue weighted by Crippen LogP contribution is 2.51. The van der Waals surface area contributed by atoms with Crippen molar-refractivity contribution in [3.63, 3.8) is 0 Å². The van der Waals surface area contributed by atoms with Gasteiger partial charge in [-0.05, 0) is 45.2 Å². The largest absolute Gasteiger partial charge is 0.477 e. The highest BCUT2D eigenvalue weighted by atomic mass is 32.2. The van der Waals surface area contributed by atoms with E-state index in [-0.39, 0.29) is 58.8 Å². The molecular weight excluding hydrogens is 556 g/mol. The van der Waals surface area contributed by atoms with E-state index in [4.69, 9.17) is 5.73 Å². The SMILES string of the molecule is CNCC(=O)NC(C)[C@H]1C(=O)N2C(C(=O)O)=C(S[C@@H]3CN[C@H](C(=O)N4CCC(N)(Cc5ccccc5)CC4)C3)[C@H](C)[C@H]12. The number of nitrogens with one attached hydrogen (secondary N) is 3. The van der Waals surface area contributed by atoms with Crippen molar-refractivity contribution >= 4 is 35.5 Å². The van der Waals surface area contributed by atoms with E-state index >= 15 is 0 Å². The van der Waals surface area contributed by atoms with E-state index in [0.29, 0.717) is 31.0 Å². The summed E-state index contributed by atoms with van der Waals surface area (Å²) in [6.07, 6.45) is 2.85. The number of carbonyl (C=O) groups excluding carboxylic acids is 3. The zero-order valence-corrected chi connectivity index (χ0v) is 25.3. The second-order valence-corrected chi connectivity index (χ2v) is 13.5. The third-order valence-corrected chi connectivity index (χ3v) is 10.7. The van der Waals surface area contributed by atoms with Crippen molar-refractivity contribution in [1.82, 2.24) is 25.8 Å². The molecule has 6 N–H and O–H groups in total. The van der Waals surface area contributed by atoms with Gasteiger partial charge in [0.25, 0.3) is 0 Å². The van der Waals surface area contributed by atoms with Gasteiger partial charge in [-0.15, -0.1) is 11.8 Å². The molecule has 0 aromatic heterocycles. The minimum atomic E-state index is -1.13. The number of rotatable bonds is 10. The molecular formula is C30H42N6O5S. The molecule has 0 radical (unpaired) electrons. The molecule has 0 saturated carbocycles. The second-order valence-electron chi connectivity index (χ2n) is 12.2. The Morgan fingerprint density at radius 2 is 1.90 bits per heavy atom. The van der Waals surface area contributed by atoms with E-state index in [0.717, 1.165) is 19.3 Å². The van der Waals surface area contributed by atoms with Crippen LogP contribution in [0.5, 0.6) is 0 Å². The van der Waals surface area contributed by atoms with Gasteiger partial charge in [0.2, 0.25) is 17.7 Å². The van der Waals surface area contributed by atoms with Crippen LogP contribution in [0.3, 0.4) is 0 Å². The van der Waals surface area contributed by atoms with Crippen LogP contribution in [-0.4, -0.2) is 101 Å². The fraction of sp³-hybridized carbons (Fsp3) is 0.600. The predicted molar refractivity (Wildman–Crippen MR) is 160 cm³/mol. The predicted octanol–water partition coefficient (Wildman–Crippen LogP) is 0.510. The van der Waals surface area contributed by atoms with E-state index < -0.39 is 17.9 Å². The number of piperidine rings is 1. The van der Waals surface area contributed by atoms with Crippen LogP contribution in [0.1, 0.15) is 38.7 Å². The molecule has 11 nitrogen and oxygen atoms in total. The molecule has 0 aliphatic carbocycles. The third kappa shape index (κ3) is 5.95. The number of nitrogens with zero attached hydrogens (tertiary/aromatic N) is 2. The summed E-state index contributed by atoms with van der Waals surface area (Å²) in [6.45, 7) is 5.69. The molecule has 3 saturated heterocycles. The second kappa shape index (κ2) is 12.4. The highest BCUT2D eigenvalue weighted by Gasteiger charge is 2.60. The van der Waals surface area contributed by atoms with Crippen molar-refractivity contribution in [2.24, 2.45) is 17.6 Å². The van der Waals surface area contributed by atoms with Crippen LogP contribution in [0.2, 0.25) is 0 Å². The number of β-lactam (4-membered cyclic amide) rings is 1. The minimum absolute atomic E-state index is 0.00206. The van der Waals surface area contributed by atoms with E-state index in [1.165, 1.54) is 22.2 Å². The van der Waals surface area contributed by atoms with Gasteiger partial charge in [0.15, 0.2) is 0 Å². The van der Waals surface area contributed by atoms with Crippen molar-refractivity contribution in [2.45, 2.75) is 68.4 Å². The number of carbonyl (C=O) groups is 4. The van der Waals surface area contributed by atoms with E-state index in [1.807, 2.05) is 30.0 Å². The number of hydrogen-bond donors (Lipinski definition) is 5. The average Bonchev–Trinajstić information content (AvgIpc) is 3.50. The molecule has 1 aromatic carbocycles. The summed E-state index contributed by atoms with van der Waals surface area (Å²) < 4.78 is 0. The number of fused-ring (bicyclic) bond motifs is 1. The Labute approximate surface area is 251 Å². The zero-order valence-electron chi connectivity index (χ0n) is 24.5. The van der Waals surface area contributed by atoms with E-state index in [9.17, 15) is 24.3 Å². The fourth-order valence-electron chi connectivity index (χ4n) is 6.98. The molecule has 42 heavy (non-hydrogen) atoms. The van der Waals surface area contributed by atoms with Gasteiger partial charge >= 0.3 is 5.97 Å². The first-order valence-electron chi connectivity index (χ1n) is 14.8. The number of aliphatic carboxylic acids is 1. The summed E-state index contributed by atoms with van der Waals surface area (Å²) in [5, 5.41) is 19.1. The van der Waals surface area contributed by atoms with Gasteiger partial charge in [-0.1, -0.05) is 37.3 Å². The molecule has 4 heterocycles. The molecule has 5 rings (SSSR count). The van der Waals surface area contributed by atoms with Gasteiger partial charge in [-0.2, -0.15) is 0 Å². The van der Waals surface area contributed by atoms with Crippen LogP contribution in [0.4, 0.5) is 0 Å². The minimum Gasteiger partial charge on any atom is -0.477 e. The molecule has 0 bridgehead atoms. The Hall–Kier alpha value is -2.93. The maximum atomic E-state index is 13.4. The first-order valence-corrected chi connectivity index (χ1v) is 15.7. The van der Waals surface area contributed by atoms with Gasteiger partial charge in [0.05, 0.1) is 24.5 Å². The number of carboxylic acids is 1. The van der Waals surface area contributed by atoms with Crippen molar-refractivity contribution in [1.29, 1.82) is 0 Å². The molecule has 3 amide bonds. The van der Waals surface area contributed by atoms with Gasteiger partial charge in [0, 0.05) is 47.3 Å². The molecule has 4 aliphatic rings. The lowest BCUT2D eigenvalue weighted by atomic mass is 9.78. The maximum Gasteiger partial charge on any atom is 0.353 e. The van der Waals surface area contributed by atoms with Crippen molar-refractivity contribution in [3.05, 3.63) is 46.5 Å². The van der Waals surface area contributed by atoms with E-state index in [2.05, 4.69) is 28.1 Å². The lowest BCUT2D eigenvalue weighted by molar-refractivity contribution is -0.158. The van der Waals surface area contributed by atoms with Crippen LogP contribution in [0, 0.1) is 11.8 Å². The Kier molecular flexibility index (Phi) is 8.98. The normalized spacial score (nSPS) is 29.2. The van der Waals surface area contributed by atoms with Gasteiger partial charge < -0.3 is 36.6 Å². The van der Waals surface area contributed by atoms with Crippen LogP contribution in [0.25, 0.3) is 0 Å². The van der Waals surface area contributed by atoms with Crippen molar-refractivity contribution < 1.29 is 24.3 Å². The summed E-state index contributed by atoms with van der Waals surface area (Å²) in [7, 11) is 1.67. The summed E-state index contributed by atoms with van der Waals surface area (Å²) >= 11 is 1.47. The van der Waals surface area contributed by atoms with Gasteiger partial charge in [-0.25, -0.2) is 4.79 Å². The first kappa shape index (κ1) is 30.5. The molecule has 6 atom stereocenters. The maximum absolute atomic E-state index is 13.4. The molecule has 1 aromatic rings. The Morgan fingerprint density at radius 3 is 2.55 bits per heavy atom. The molecule has 1 unspecified atom stereocenters.